The van der Waals surface area contributed by atoms with Crippen LogP contribution < -0.4 is 14.8 Å². The molecule has 0 unspecified atom stereocenters. The summed E-state index contributed by atoms with van der Waals surface area (Å²) in [4.78, 5) is 12.4. The third-order valence-electron chi connectivity index (χ3n) is 4.02. The molecule has 0 radical (unpaired) electrons. The maximum Gasteiger partial charge on any atom is 0.262 e. The van der Waals surface area contributed by atoms with Crippen LogP contribution in [0.3, 0.4) is 0 Å². The van der Waals surface area contributed by atoms with Crippen LogP contribution in [0.1, 0.15) is 12.5 Å². The number of hydrogen-bond acceptors (Lipinski definition) is 4. The van der Waals surface area contributed by atoms with Gasteiger partial charge in [-0.05, 0) is 30.7 Å². The molecule has 3 aromatic carbocycles. The molecule has 1 N–H and O–H groups in total. The number of hydrogen-bond donors (Lipinski definition) is 1. The Bertz CT molecular complexity index is 994. The topological polar surface area (TPSA) is 71.3 Å². The lowest BCUT2D eigenvalue weighted by atomic mass is 10.0. The smallest absolute Gasteiger partial charge is 0.262 e. The lowest BCUT2D eigenvalue weighted by Gasteiger charge is -2.14. The fraction of sp³-hybridized carbons (Fsp3) is 0.130. The number of anilines is 1. The average molecular weight is 372 g/mol. The maximum absolute atomic E-state index is 12.4. The Morgan fingerprint density at radius 1 is 0.964 bits per heavy atom. The van der Waals surface area contributed by atoms with Crippen molar-refractivity contribution in [3.8, 4) is 28.7 Å². The van der Waals surface area contributed by atoms with E-state index >= 15 is 0 Å². The van der Waals surface area contributed by atoms with Gasteiger partial charge in [-0.15, -0.1) is 0 Å². The molecule has 0 aliphatic heterocycles. The molecule has 0 aliphatic carbocycles. The molecule has 0 atom stereocenters. The zero-order valence-electron chi connectivity index (χ0n) is 15.5. The van der Waals surface area contributed by atoms with Gasteiger partial charge in [0.25, 0.3) is 5.91 Å². The van der Waals surface area contributed by atoms with Crippen LogP contribution in [-0.4, -0.2) is 19.1 Å². The van der Waals surface area contributed by atoms with Gasteiger partial charge in [0.2, 0.25) is 0 Å². The second kappa shape index (κ2) is 9.24. The normalized spacial score (nSPS) is 10.0. The highest BCUT2D eigenvalue weighted by Crippen LogP contribution is 2.29. The number of carbonyl (C=O) groups excluding carboxylic acids is 1. The van der Waals surface area contributed by atoms with Gasteiger partial charge in [-0.2, -0.15) is 5.26 Å². The summed E-state index contributed by atoms with van der Waals surface area (Å²) in [6.45, 7) is 2.10. The number of carbonyl (C=O) groups is 1. The van der Waals surface area contributed by atoms with E-state index in [0.29, 0.717) is 29.4 Å². The predicted molar refractivity (Wildman–Crippen MR) is 108 cm³/mol. The summed E-state index contributed by atoms with van der Waals surface area (Å²) in [6.07, 6.45) is 0. The van der Waals surface area contributed by atoms with E-state index in [2.05, 4.69) is 11.4 Å². The van der Waals surface area contributed by atoms with Crippen molar-refractivity contribution in [1.29, 1.82) is 5.26 Å². The number of para-hydroxylation sites is 1. The van der Waals surface area contributed by atoms with Gasteiger partial charge in [0.15, 0.2) is 18.1 Å². The van der Waals surface area contributed by atoms with Crippen molar-refractivity contribution in [2.45, 2.75) is 6.92 Å². The Kier molecular flexibility index (Phi) is 6.27. The molecule has 0 spiro atoms. The van der Waals surface area contributed by atoms with Gasteiger partial charge in [0, 0.05) is 17.3 Å². The van der Waals surface area contributed by atoms with Crippen LogP contribution in [0, 0.1) is 11.3 Å². The first kappa shape index (κ1) is 19.0. The first-order valence-electron chi connectivity index (χ1n) is 8.95. The molecule has 0 bridgehead atoms. The molecule has 28 heavy (non-hydrogen) atoms. The minimum Gasteiger partial charge on any atom is -0.490 e. The Hall–Kier alpha value is -3.78. The Morgan fingerprint density at radius 3 is 2.46 bits per heavy atom. The minimum atomic E-state index is -0.282. The number of nitrogens with one attached hydrogen (secondary N) is 1. The third-order valence-corrected chi connectivity index (χ3v) is 4.02. The fourth-order valence-electron chi connectivity index (χ4n) is 2.76. The first-order chi connectivity index (χ1) is 13.7. The highest BCUT2D eigenvalue weighted by atomic mass is 16.5. The molecular formula is C23H20N2O3. The molecule has 5 nitrogen and oxygen atoms in total. The predicted octanol–water partition coefficient (Wildman–Crippen LogP) is 4.64. The van der Waals surface area contributed by atoms with Crippen LogP contribution >= 0.6 is 0 Å². The van der Waals surface area contributed by atoms with Crippen LogP contribution in [0.5, 0.6) is 11.5 Å². The third kappa shape index (κ3) is 4.68. The summed E-state index contributed by atoms with van der Waals surface area (Å²) in [5, 5.41) is 11.9. The van der Waals surface area contributed by atoms with E-state index < -0.39 is 0 Å². The Labute approximate surface area is 164 Å². The molecule has 0 aromatic heterocycles. The van der Waals surface area contributed by atoms with Gasteiger partial charge in [-0.1, -0.05) is 48.5 Å². The van der Waals surface area contributed by atoms with Gasteiger partial charge < -0.3 is 14.8 Å². The monoisotopic (exact) mass is 372 g/mol. The lowest BCUT2D eigenvalue weighted by Crippen LogP contribution is -2.20. The zero-order chi connectivity index (χ0) is 19.8. The number of amides is 1. The molecule has 0 saturated heterocycles. The van der Waals surface area contributed by atoms with Crippen LogP contribution in [0.4, 0.5) is 5.69 Å². The van der Waals surface area contributed by atoms with Crippen molar-refractivity contribution in [1.82, 2.24) is 0 Å². The van der Waals surface area contributed by atoms with Gasteiger partial charge >= 0.3 is 0 Å². The summed E-state index contributed by atoms with van der Waals surface area (Å²) in [7, 11) is 0. The number of ether oxygens (including phenoxy) is 2. The van der Waals surface area contributed by atoms with E-state index in [1.807, 2.05) is 61.5 Å². The van der Waals surface area contributed by atoms with E-state index in [-0.39, 0.29) is 12.5 Å². The minimum absolute atomic E-state index is 0.172. The number of nitrogens with zero attached hydrogens (tertiary/aromatic N) is 1. The van der Waals surface area contributed by atoms with Crippen LogP contribution in [0.2, 0.25) is 0 Å². The largest absolute Gasteiger partial charge is 0.490 e. The maximum atomic E-state index is 12.4. The second-order valence-electron chi connectivity index (χ2n) is 5.95. The average Bonchev–Trinajstić information content (AvgIpc) is 2.74. The van der Waals surface area contributed by atoms with Gasteiger partial charge in [0.1, 0.15) is 0 Å². The van der Waals surface area contributed by atoms with Crippen molar-refractivity contribution in [2.24, 2.45) is 0 Å². The molecule has 140 valence electrons. The fourth-order valence-corrected chi connectivity index (χ4v) is 2.76. The van der Waals surface area contributed by atoms with Gasteiger partial charge in [-0.25, -0.2) is 0 Å². The van der Waals surface area contributed by atoms with E-state index in [0.717, 1.165) is 11.1 Å². The summed E-state index contributed by atoms with van der Waals surface area (Å²) in [6, 6.07) is 24.4. The quantitative estimate of drug-likeness (QED) is 0.656. The van der Waals surface area contributed by atoms with Crippen LogP contribution in [0.25, 0.3) is 11.1 Å². The van der Waals surface area contributed by atoms with Crippen LogP contribution in [-0.2, 0) is 4.79 Å². The van der Waals surface area contributed by atoms with Crippen LogP contribution in [0.15, 0.2) is 72.8 Å². The summed E-state index contributed by atoms with van der Waals surface area (Å²) in [5.41, 5.74) is 3.14. The standard InChI is InChI=1S/C23H20N2O3/c1-2-27-22-14-17(15-24)12-13-21(22)28-16-23(26)25-20-11-7-6-10-19(20)18-8-4-3-5-9-18/h3-14H,2,16H2,1H3,(H,25,26). The summed E-state index contributed by atoms with van der Waals surface area (Å²) in [5.74, 6) is 0.585. The second-order valence-corrected chi connectivity index (χ2v) is 5.95. The number of rotatable bonds is 7. The molecule has 0 aliphatic rings. The number of benzene rings is 3. The first-order valence-corrected chi connectivity index (χ1v) is 8.95. The van der Waals surface area contributed by atoms with Gasteiger partial charge in [0.05, 0.1) is 18.2 Å². The van der Waals surface area contributed by atoms with Crippen molar-refractivity contribution in [3.05, 3.63) is 78.4 Å². The number of nitriles is 1. The highest BCUT2D eigenvalue weighted by Gasteiger charge is 2.11. The van der Waals surface area contributed by atoms with Crippen molar-refractivity contribution in [2.75, 3.05) is 18.5 Å². The molecule has 5 heteroatoms. The molecule has 1 amide bonds. The molecule has 0 fully saturated rings. The van der Waals surface area contributed by atoms with Gasteiger partial charge in [-0.3, -0.25) is 4.79 Å². The van der Waals surface area contributed by atoms with Crippen molar-refractivity contribution < 1.29 is 14.3 Å². The SMILES string of the molecule is CCOc1cc(C#N)ccc1OCC(=O)Nc1ccccc1-c1ccccc1. The molecule has 0 heterocycles. The van der Waals surface area contributed by atoms with E-state index in [4.69, 9.17) is 14.7 Å². The molecule has 3 aromatic rings. The molecule has 3 rings (SSSR count). The Balaban J connectivity index is 1.70. The Morgan fingerprint density at radius 2 is 1.71 bits per heavy atom. The zero-order valence-corrected chi connectivity index (χ0v) is 15.5. The van der Waals surface area contributed by atoms with E-state index in [1.54, 1.807) is 18.2 Å². The molecule has 0 saturated carbocycles. The van der Waals surface area contributed by atoms with Crippen molar-refractivity contribution >= 4 is 11.6 Å². The van der Waals surface area contributed by atoms with E-state index in [9.17, 15) is 4.79 Å². The summed E-state index contributed by atoms with van der Waals surface area (Å²) < 4.78 is 11.1. The molecular weight excluding hydrogens is 352 g/mol. The van der Waals surface area contributed by atoms with Crippen molar-refractivity contribution in [3.63, 3.8) is 0 Å². The lowest BCUT2D eigenvalue weighted by molar-refractivity contribution is -0.118. The highest BCUT2D eigenvalue weighted by molar-refractivity contribution is 5.96. The van der Waals surface area contributed by atoms with E-state index in [1.165, 1.54) is 0 Å². The summed E-state index contributed by atoms with van der Waals surface area (Å²) >= 11 is 0.